The zero-order valence-electron chi connectivity index (χ0n) is 12.9. The second-order valence-electron chi connectivity index (χ2n) is 5.09. The second kappa shape index (κ2) is 6.75. The van der Waals surface area contributed by atoms with Gasteiger partial charge in [-0.1, -0.05) is 0 Å². The summed E-state index contributed by atoms with van der Waals surface area (Å²) < 4.78 is 11.0. The summed E-state index contributed by atoms with van der Waals surface area (Å²) in [5, 5.41) is 0. The molecule has 6 heteroatoms. The third-order valence-electron chi connectivity index (χ3n) is 3.51. The maximum Gasteiger partial charge on any atom is 0.161 e. The minimum atomic E-state index is -0.623. The fourth-order valence-corrected chi connectivity index (χ4v) is 2.07. The fraction of sp³-hybridized carbons (Fsp3) is 0.438. The van der Waals surface area contributed by atoms with Crippen LogP contribution in [0.2, 0.25) is 0 Å². The van der Waals surface area contributed by atoms with E-state index in [-0.39, 0.29) is 12.4 Å². The number of nitrogens with one attached hydrogen (secondary N) is 1. The van der Waals surface area contributed by atoms with Crippen LogP contribution in [0.3, 0.4) is 0 Å². The van der Waals surface area contributed by atoms with E-state index in [9.17, 15) is 9.59 Å². The van der Waals surface area contributed by atoms with Gasteiger partial charge in [0.1, 0.15) is 18.1 Å². The van der Waals surface area contributed by atoms with Gasteiger partial charge in [-0.25, -0.2) is 4.79 Å². The quantitative estimate of drug-likeness (QED) is 0.448. The van der Waals surface area contributed by atoms with E-state index in [1.165, 1.54) is 14.0 Å². The van der Waals surface area contributed by atoms with Crippen molar-refractivity contribution in [2.75, 3.05) is 20.3 Å². The highest BCUT2D eigenvalue weighted by Crippen LogP contribution is 2.42. The highest BCUT2D eigenvalue weighted by atomic mass is 16.6. The van der Waals surface area contributed by atoms with Gasteiger partial charge in [-0.15, -0.1) is 0 Å². The molecule has 1 N–H and O–H groups in total. The summed E-state index contributed by atoms with van der Waals surface area (Å²) in [7, 11) is 1.51. The van der Waals surface area contributed by atoms with Crippen molar-refractivity contribution in [3.05, 3.63) is 29.3 Å². The number of benzene rings is 1. The summed E-state index contributed by atoms with van der Waals surface area (Å²) in [5.41, 5.74) is 3.35. The Hall–Kier alpha value is -2.14. The first-order chi connectivity index (χ1) is 10.6. The molecule has 2 rings (SSSR count). The first-order valence-electron chi connectivity index (χ1n) is 7.01. The lowest BCUT2D eigenvalue weighted by Gasteiger charge is -2.18. The van der Waals surface area contributed by atoms with Crippen LogP contribution in [-0.4, -0.2) is 37.6 Å². The summed E-state index contributed by atoms with van der Waals surface area (Å²) in [6.45, 7) is 4.03. The van der Waals surface area contributed by atoms with Crippen LogP contribution < -0.4 is 15.0 Å². The van der Waals surface area contributed by atoms with Gasteiger partial charge in [0.15, 0.2) is 17.3 Å². The van der Waals surface area contributed by atoms with Crippen LogP contribution in [0.1, 0.15) is 30.6 Å². The summed E-state index contributed by atoms with van der Waals surface area (Å²) in [6.07, 6.45) is 0.532. The Morgan fingerprint density at radius 3 is 2.73 bits per heavy atom. The number of carbonyl (C=O) groups is 1. The Bertz CT molecular complexity index is 621. The molecular formula is C16H19NO5. The largest absolute Gasteiger partial charge is 0.493 e. The predicted octanol–water partition coefficient (Wildman–Crippen LogP) is 1.72. The number of ketones is 1. The van der Waals surface area contributed by atoms with Gasteiger partial charge in [-0.2, -0.15) is 5.48 Å². The van der Waals surface area contributed by atoms with E-state index in [1.54, 1.807) is 18.2 Å². The molecule has 0 aliphatic heterocycles. The summed E-state index contributed by atoms with van der Waals surface area (Å²) >= 11 is 0. The Kier molecular flexibility index (Phi) is 4.98. The molecule has 0 amide bonds. The van der Waals surface area contributed by atoms with Gasteiger partial charge >= 0.3 is 0 Å². The first kappa shape index (κ1) is 16.2. The fourth-order valence-electron chi connectivity index (χ4n) is 2.07. The highest BCUT2D eigenvalue weighted by molar-refractivity contribution is 5.94. The Morgan fingerprint density at radius 1 is 1.41 bits per heavy atom. The average molecular weight is 305 g/mol. The first-order valence-corrected chi connectivity index (χ1v) is 7.01. The van der Waals surface area contributed by atoms with Gasteiger partial charge in [0.05, 0.1) is 13.7 Å². The maximum absolute atomic E-state index is 11.4. The molecular weight excluding hydrogens is 286 g/mol. The van der Waals surface area contributed by atoms with Gasteiger partial charge in [-0.05, 0) is 32.0 Å². The number of ether oxygens (including phenoxy) is 2. The van der Waals surface area contributed by atoms with Crippen LogP contribution in [-0.2, 0) is 9.63 Å². The van der Waals surface area contributed by atoms with Crippen molar-refractivity contribution in [3.8, 4) is 11.5 Å². The van der Waals surface area contributed by atoms with Crippen molar-refractivity contribution < 1.29 is 23.9 Å². The van der Waals surface area contributed by atoms with E-state index in [4.69, 9.17) is 14.3 Å². The molecule has 0 bridgehead atoms. The van der Waals surface area contributed by atoms with Crippen LogP contribution in [0.25, 0.3) is 0 Å². The number of hydrogen-bond acceptors (Lipinski definition) is 6. The molecule has 0 radical (unpaired) electrons. The standard InChI is InChI=1S/C16H19NO5/c1-4-22-17-16(8-13(16)9-18)10-21-14-6-5-12(11(2)19)7-15(14)20-3/h5-7,17H,4,8,10H2,1-3H3. The number of methoxy groups -OCH3 is 1. The maximum atomic E-state index is 11.4. The zero-order chi connectivity index (χ0) is 16.2. The van der Waals surface area contributed by atoms with Gasteiger partial charge < -0.3 is 14.3 Å². The zero-order valence-corrected chi connectivity index (χ0v) is 12.9. The SMILES string of the molecule is CCONC1(COc2ccc(C(C)=O)cc2OC)CC1=C=O. The third-order valence-corrected chi connectivity index (χ3v) is 3.51. The smallest absolute Gasteiger partial charge is 0.161 e. The lowest BCUT2D eigenvalue weighted by atomic mass is 10.1. The van der Waals surface area contributed by atoms with Gasteiger partial charge in [-0.3, -0.25) is 4.79 Å². The van der Waals surface area contributed by atoms with E-state index in [0.29, 0.717) is 35.7 Å². The Morgan fingerprint density at radius 2 is 2.18 bits per heavy atom. The van der Waals surface area contributed by atoms with Crippen molar-refractivity contribution in [1.82, 2.24) is 5.48 Å². The summed E-state index contributed by atoms with van der Waals surface area (Å²) in [6, 6.07) is 4.98. The highest BCUT2D eigenvalue weighted by Gasteiger charge is 2.52. The number of hydrogen-bond donors (Lipinski definition) is 1. The molecule has 1 aliphatic rings. The molecule has 0 saturated heterocycles. The molecule has 22 heavy (non-hydrogen) atoms. The number of hydroxylamine groups is 1. The molecule has 1 aliphatic carbocycles. The van der Waals surface area contributed by atoms with E-state index >= 15 is 0 Å². The van der Waals surface area contributed by atoms with Crippen LogP contribution in [0, 0.1) is 0 Å². The van der Waals surface area contributed by atoms with Crippen LogP contribution >= 0.6 is 0 Å². The predicted molar refractivity (Wildman–Crippen MR) is 79.8 cm³/mol. The number of Topliss-reactive ketones (excluding diaryl/α,β-unsaturated/α-hetero) is 1. The Labute approximate surface area is 129 Å². The molecule has 1 fully saturated rings. The summed E-state index contributed by atoms with van der Waals surface area (Å²) in [4.78, 5) is 27.4. The van der Waals surface area contributed by atoms with E-state index in [0.717, 1.165) is 0 Å². The molecule has 0 heterocycles. The minimum absolute atomic E-state index is 0.0484. The lowest BCUT2D eigenvalue weighted by molar-refractivity contribution is 0.00744. The third kappa shape index (κ3) is 3.36. The molecule has 0 aromatic heterocycles. The topological polar surface area (TPSA) is 73.9 Å². The van der Waals surface area contributed by atoms with E-state index < -0.39 is 5.54 Å². The van der Waals surface area contributed by atoms with Crippen LogP contribution in [0.15, 0.2) is 23.8 Å². The van der Waals surface area contributed by atoms with Gasteiger partial charge in [0.25, 0.3) is 0 Å². The van der Waals surface area contributed by atoms with Crippen molar-refractivity contribution in [1.29, 1.82) is 0 Å². The normalized spacial score (nSPS) is 19.5. The molecule has 1 aromatic carbocycles. The van der Waals surface area contributed by atoms with Crippen molar-refractivity contribution in [2.45, 2.75) is 25.8 Å². The molecule has 1 atom stereocenters. The van der Waals surface area contributed by atoms with Crippen molar-refractivity contribution in [3.63, 3.8) is 0 Å². The van der Waals surface area contributed by atoms with E-state index in [2.05, 4.69) is 5.48 Å². The average Bonchev–Trinajstić information content (AvgIpc) is 3.24. The molecule has 1 saturated carbocycles. The van der Waals surface area contributed by atoms with E-state index in [1.807, 2.05) is 12.9 Å². The van der Waals surface area contributed by atoms with Crippen LogP contribution in [0.4, 0.5) is 0 Å². The molecule has 1 unspecified atom stereocenters. The number of carbonyl (C=O) groups excluding carboxylic acids is 2. The second-order valence-corrected chi connectivity index (χ2v) is 5.09. The summed E-state index contributed by atoms with van der Waals surface area (Å²) in [5.74, 6) is 2.82. The molecule has 0 spiro atoms. The van der Waals surface area contributed by atoms with Gasteiger partial charge in [0, 0.05) is 17.6 Å². The Balaban J connectivity index is 2.10. The lowest BCUT2D eigenvalue weighted by Crippen LogP contribution is -2.37. The van der Waals surface area contributed by atoms with Crippen LogP contribution in [0.5, 0.6) is 11.5 Å². The minimum Gasteiger partial charge on any atom is -0.493 e. The monoisotopic (exact) mass is 305 g/mol. The molecule has 6 nitrogen and oxygen atoms in total. The number of rotatable bonds is 8. The molecule has 118 valence electrons. The van der Waals surface area contributed by atoms with Crippen molar-refractivity contribution in [2.24, 2.45) is 0 Å². The van der Waals surface area contributed by atoms with Gasteiger partial charge in [0.2, 0.25) is 0 Å². The van der Waals surface area contributed by atoms with Crippen molar-refractivity contribution >= 4 is 11.7 Å². The molecule has 1 aromatic rings.